The Morgan fingerprint density at radius 3 is 2.08 bits per heavy atom. The van der Waals surface area contributed by atoms with Gasteiger partial charge in [0.05, 0.1) is 7.11 Å². The van der Waals surface area contributed by atoms with Gasteiger partial charge in [0.15, 0.2) is 0 Å². The molecule has 0 aliphatic heterocycles. The summed E-state index contributed by atoms with van der Waals surface area (Å²) >= 11 is 0. The molecule has 0 unspecified atom stereocenters. The minimum Gasteiger partial charge on any atom is -0.497 e. The molecular weight excluding hydrogens is 312 g/mol. The number of hydrogen-bond donors (Lipinski definition) is 0. The molecular formula is C22H18O3. The maximum absolute atomic E-state index is 12.7. The lowest BCUT2D eigenvalue weighted by Gasteiger charge is -2.09. The minimum atomic E-state index is -0.511. The van der Waals surface area contributed by atoms with Crippen LogP contribution in [0.15, 0.2) is 78.9 Å². The molecule has 0 aliphatic rings. The third-order valence-electron chi connectivity index (χ3n) is 4.06. The summed E-state index contributed by atoms with van der Waals surface area (Å²) in [7, 11) is 1.56. The van der Waals surface area contributed by atoms with Crippen LogP contribution in [0.1, 0.15) is 31.8 Å². The number of methoxy groups -OCH3 is 1. The smallest absolute Gasteiger partial charge is 0.233 e. The van der Waals surface area contributed by atoms with Gasteiger partial charge in [0.2, 0.25) is 11.6 Å². The molecule has 0 aliphatic carbocycles. The Morgan fingerprint density at radius 2 is 1.40 bits per heavy atom. The van der Waals surface area contributed by atoms with Gasteiger partial charge in [-0.25, -0.2) is 0 Å². The first kappa shape index (κ1) is 16.7. The highest BCUT2D eigenvalue weighted by Crippen LogP contribution is 2.18. The summed E-state index contributed by atoms with van der Waals surface area (Å²) in [5.41, 5.74) is 2.76. The van der Waals surface area contributed by atoms with E-state index in [0.717, 1.165) is 11.1 Å². The van der Waals surface area contributed by atoms with Crippen LogP contribution in [0.3, 0.4) is 0 Å². The summed E-state index contributed by atoms with van der Waals surface area (Å²) in [6.07, 6.45) is 0.610. The normalized spacial score (nSPS) is 10.3. The Balaban J connectivity index is 1.87. The molecule has 124 valence electrons. The molecule has 0 saturated heterocycles. The number of Topliss-reactive ketones (excluding diaryl/α,β-unsaturated/α-hetero) is 2. The van der Waals surface area contributed by atoms with Gasteiger partial charge >= 0.3 is 0 Å². The zero-order valence-electron chi connectivity index (χ0n) is 13.9. The van der Waals surface area contributed by atoms with Crippen LogP contribution in [-0.4, -0.2) is 18.7 Å². The van der Waals surface area contributed by atoms with Gasteiger partial charge in [-0.2, -0.15) is 0 Å². The monoisotopic (exact) mass is 330 g/mol. The topological polar surface area (TPSA) is 43.4 Å². The van der Waals surface area contributed by atoms with Gasteiger partial charge in [-0.3, -0.25) is 9.59 Å². The van der Waals surface area contributed by atoms with Gasteiger partial charge in [0.1, 0.15) is 5.75 Å². The number of carbonyl (C=O) groups is 2. The third kappa shape index (κ3) is 3.83. The molecule has 0 N–H and O–H groups in total. The van der Waals surface area contributed by atoms with E-state index in [2.05, 4.69) is 0 Å². The van der Waals surface area contributed by atoms with Crippen molar-refractivity contribution in [3.8, 4) is 5.75 Å². The molecule has 0 fully saturated rings. The fourth-order valence-electron chi connectivity index (χ4n) is 2.71. The number of ether oxygens (including phenoxy) is 1. The lowest BCUT2D eigenvalue weighted by atomic mass is 9.94. The first-order valence-corrected chi connectivity index (χ1v) is 8.04. The van der Waals surface area contributed by atoms with Gasteiger partial charge in [-0.1, -0.05) is 54.6 Å². The average molecular weight is 330 g/mol. The lowest BCUT2D eigenvalue weighted by molar-refractivity contribution is 0.0816. The highest BCUT2D eigenvalue weighted by molar-refractivity contribution is 6.49. The van der Waals surface area contributed by atoms with E-state index in [1.807, 2.05) is 42.5 Å². The van der Waals surface area contributed by atoms with Crippen LogP contribution in [0.25, 0.3) is 0 Å². The van der Waals surface area contributed by atoms with E-state index >= 15 is 0 Å². The van der Waals surface area contributed by atoms with E-state index in [-0.39, 0.29) is 0 Å². The van der Waals surface area contributed by atoms with E-state index in [0.29, 0.717) is 23.3 Å². The van der Waals surface area contributed by atoms with Gasteiger partial charge in [0, 0.05) is 11.1 Å². The van der Waals surface area contributed by atoms with E-state index in [4.69, 9.17) is 4.74 Å². The molecule has 0 radical (unpaired) electrons. The number of rotatable bonds is 6. The second-order valence-corrected chi connectivity index (χ2v) is 5.71. The molecule has 25 heavy (non-hydrogen) atoms. The molecule has 0 amide bonds. The molecule has 3 aromatic rings. The summed E-state index contributed by atoms with van der Waals surface area (Å²) in [6.45, 7) is 0. The van der Waals surface area contributed by atoms with Gasteiger partial charge in [-0.15, -0.1) is 0 Å². The number of ketones is 2. The zero-order valence-corrected chi connectivity index (χ0v) is 13.9. The molecule has 0 saturated carbocycles. The molecule has 3 aromatic carbocycles. The molecule has 0 bridgehead atoms. The van der Waals surface area contributed by atoms with Crippen LogP contribution >= 0.6 is 0 Å². The molecule has 3 rings (SSSR count). The fraction of sp³-hybridized carbons (Fsp3) is 0.0909. The SMILES string of the molecule is COc1ccc(C(=O)C(=O)c2ccccc2Cc2ccccc2)cc1. The van der Waals surface area contributed by atoms with Crippen molar-refractivity contribution in [3.63, 3.8) is 0 Å². The molecule has 0 aromatic heterocycles. The number of hydrogen-bond acceptors (Lipinski definition) is 3. The predicted octanol–water partition coefficient (Wildman–Crippen LogP) is 4.35. The highest BCUT2D eigenvalue weighted by atomic mass is 16.5. The van der Waals surface area contributed by atoms with Crippen LogP contribution in [0.2, 0.25) is 0 Å². The van der Waals surface area contributed by atoms with Crippen molar-refractivity contribution in [2.24, 2.45) is 0 Å². The van der Waals surface area contributed by atoms with Crippen LogP contribution in [0.4, 0.5) is 0 Å². The second kappa shape index (κ2) is 7.58. The third-order valence-corrected chi connectivity index (χ3v) is 4.06. The summed E-state index contributed by atoms with van der Waals surface area (Å²) in [6, 6.07) is 23.7. The van der Waals surface area contributed by atoms with Crippen molar-refractivity contribution < 1.29 is 14.3 Å². The Kier molecular flexibility index (Phi) is 5.05. The van der Waals surface area contributed by atoms with E-state index in [1.54, 1.807) is 43.5 Å². The first-order chi connectivity index (χ1) is 12.2. The number of benzene rings is 3. The van der Waals surface area contributed by atoms with E-state index < -0.39 is 11.6 Å². The van der Waals surface area contributed by atoms with Crippen LogP contribution in [0.5, 0.6) is 5.75 Å². The fourth-order valence-corrected chi connectivity index (χ4v) is 2.71. The first-order valence-electron chi connectivity index (χ1n) is 8.04. The predicted molar refractivity (Wildman–Crippen MR) is 97.3 cm³/mol. The summed E-state index contributed by atoms with van der Waals surface area (Å²) in [5, 5.41) is 0. The zero-order chi connectivity index (χ0) is 17.6. The van der Waals surface area contributed by atoms with Crippen molar-refractivity contribution >= 4 is 11.6 Å². The van der Waals surface area contributed by atoms with Crippen LogP contribution < -0.4 is 4.74 Å². The van der Waals surface area contributed by atoms with Crippen molar-refractivity contribution in [2.45, 2.75) is 6.42 Å². The maximum atomic E-state index is 12.7. The standard InChI is InChI=1S/C22H18O3/c1-25-19-13-11-17(12-14-19)21(23)22(24)20-10-6-5-9-18(20)15-16-7-3-2-4-8-16/h2-14H,15H2,1H3. The number of carbonyl (C=O) groups excluding carboxylic acids is 2. The van der Waals surface area contributed by atoms with E-state index in [1.165, 1.54) is 0 Å². The Bertz CT molecular complexity index is 881. The summed E-state index contributed by atoms with van der Waals surface area (Å²) in [4.78, 5) is 25.3. The maximum Gasteiger partial charge on any atom is 0.233 e. The van der Waals surface area contributed by atoms with Gasteiger partial charge in [-0.05, 0) is 41.8 Å². The van der Waals surface area contributed by atoms with Crippen LogP contribution in [0, 0.1) is 0 Å². The minimum absolute atomic E-state index is 0.361. The molecule has 3 nitrogen and oxygen atoms in total. The Labute approximate surface area is 146 Å². The molecule has 0 atom stereocenters. The molecule has 3 heteroatoms. The average Bonchev–Trinajstić information content (AvgIpc) is 2.68. The summed E-state index contributed by atoms with van der Waals surface area (Å²) in [5.74, 6) is -0.353. The van der Waals surface area contributed by atoms with Gasteiger partial charge in [0.25, 0.3) is 0 Å². The largest absolute Gasteiger partial charge is 0.497 e. The van der Waals surface area contributed by atoms with Gasteiger partial charge < -0.3 is 4.74 Å². The lowest BCUT2D eigenvalue weighted by Crippen LogP contribution is -2.16. The van der Waals surface area contributed by atoms with Crippen LogP contribution in [-0.2, 0) is 6.42 Å². The van der Waals surface area contributed by atoms with E-state index in [9.17, 15) is 9.59 Å². The summed E-state index contributed by atoms with van der Waals surface area (Å²) < 4.78 is 5.08. The van der Waals surface area contributed by atoms with Crippen molar-refractivity contribution in [1.82, 2.24) is 0 Å². The highest BCUT2D eigenvalue weighted by Gasteiger charge is 2.21. The molecule has 0 spiro atoms. The quantitative estimate of drug-likeness (QED) is 0.498. The van der Waals surface area contributed by atoms with Crippen molar-refractivity contribution in [3.05, 3.63) is 101 Å². The molecule has 0 heterocycles. The second-order valence-electron chi connectivity index (χ2n) is 5.71. The van der Waals surface area contributed by atoms with Crippen molar-refractivity contribution in [1.29, 1.82) is 0 Å². The van der Waals surface area contributed by atoms with Crippen molar-refractivity contribution in [2.75, 3.05) is 7.11 Å². The Hall–Kier alpha value is -3.20. The Morgan fingerprint density at radius 1 is 0.760 bits per heavy atom.